The van der Waals surface area contributed by atoms with Crippen LogP contribution >= 0.6 is 11.6 Å². The average Bonchev–Trinajstić information content (AvgIpc) is 3.14. The number of carbonyl (C=O) groups is 1. The molecule has 0 saturated carbocycles. The van der Waals surface area contributed by atoms with E-state index in [1.54, 1.807) is 0 Å². The molecule has 0 spiro atoms. The molecular formula is C22H21ClN2O. The number of nitrogens with two attached hydrogens (primary N) is 1. The second kappa shape index (κ2) is 6.33. The molecule has 1 unspecified atom stereocenters. The van der Waals surface area contributed by atoms with Gasteiger partial charge in [-0.1, -0.05) is 48.0 Å². The molecule has 0 radical (unpaired) electrons. The number of aromatic nitrogens is 1. The number of aryl methyl sites for hydroxylation is 1. The highest BCUT2D eigenvalue weighted by Gasteiger charge is 2.30. The lowest BCUT2D eigenvalue weighted by Crippen LogP contribution is -2.15. The van der Waals surface area contributed by atoms with E-state index in [2.05, 4.69) is 35.8 Å². The summed E-state index contributed by atoms with van der Waals surface area (Å²) in [4.78, 5) is 12.3. The zero-order valence-electron chi connectivity index (χ0n) is 14.9. The first-order valence-electron chi connectivity index (χ1n) is 8.84. The predicted octanol–water partition coefficient (Wildman–Crippen LogP) is 5.06. The molecule has 1 aliphatic carbocycles. The number of amides is 1. The first-order chi connectivity index (χ1) is 12.5. The van der Waals surface area contributed by atoms with Gasteiger partial charge in [-0.25, -0.2) is 0 Å². The van der Waals surface area contributed by atoms with E-state index in [0.717, 1.165) is 35.4 Å². The zero-order chi connectivity index (χ0) is 18.4. The van der Waals surface area contributed by atoms with Crippen molar-refractivity contribution in [3.8, 4) is 11.1 Å². The SMILES string of the molecule is Cc1c(C(N)=O)c(-c2ccc(Cl)cc2)c(C)n1C1CCc2ccccc21. The molecule has 2 N–H and O–H groups in total. The van der Waals surface area contributed by atoms with Gasteiger partial charge in [0.15, 0.2) is 0 Å². The Hall–Kier alpha value is -2.52. The molecule has 4 rings (SSSR count). The Morgan fingerprint density at radius 3 is 2.46 bits per heavy atom. The number of hydrogen-bond acceptors (Lipinski definition) is 1. The monoisotopic (exact) mass is 364 g/mol. The molecule has 3 aromatic rings. The molecule has 1 atom stereocenters. The molecule has 132 valence electrons. The fourth-order valence-corrected chi connectivity index (χ4v) is 4.52. The van der Waals surface area contributed by atoms with E-state index >= 15 is 0 Å². The third kappa shape index (κ3) is 2.55. The van der Waals surface area contributed by atoms with E-state index in [4.69, 9.17) is 17.3 Å². The summed E-state index contributed by atoms with van der Waals surface area (Å²) in [7, 11) is 0. The van der Waals surface area contributed by atoms with E-state index < -0.39 is 0 Å². The van der Waals surface area contributed by atoms with Crippen molar-refractivity contribution < 1.29 is 4.79 Å². The van der Waals surface area contributed by atoms with Crippen LogP contribution in [0.25, 0.3) is 11.1 Å². The van der Waals surface area contributed by atoms with Gasteiger partial charge in [-0.05, 0) is 55.5 Å². The van der Waals surface area contributed by atoms with Gasteiger partial charge in [0.05, 0.1) is 11.6 Å². The largest absolute Gasteiger partial charge is 0.366 e. The van der Waals surface area contributed by atoms with E-state index in [9.17, 15) is 4.79 Å². The van der Waals surface area contributed by atoms with E-state index in [-0.39, 0.29) is 11.9 Å². The molecule has 4 heteroatoms. The molecule has 26 heavy (non-hydrogen) atoms. The molecule has 1 aromatic heterocycles. The molecule has 2 aromatic carbocycles. The molecule has 1 heterocycles. The van der Waals surface area contributed by atoms with Crippen LogP contribution in [0.5, 0.6) is 0 Å². The highest BCUT2D eigenvalue weighted by molar-refractivity contribution is 6.30. The lowest BCUT2D eigenvalue weighted by Gasteiger charge is -2.19. The summed E-state index contributed by atoms with van der Waals surface area (Å²) in [6.45, 7) is 4.07. The Kier molecular flexibility index (Phi) is 4.12. The van der Waals surface area contributed by atoms with Crippen molar-refractivity contribution in [2.75, 3.05) is 0 Å². The van der Waals surface area contributed by atoms with Crippen LogP contribution < -0.4 is 5.73 Å². The van der Waals surface area contributed by atoms with E-state index in [1.807, 2.05) is 31.2 Å². The maximum absolute atomic E-state index is 12.3. The number of primary amides is 1. The second-order valence-electron chi connectivity index (χ2n) is 6.92. The van der Waals surface area contributed by atoms with Gasteiger partial charge in [0, 0.05) is 22.0 Å². The molecule has 0 aliphatic heterocycles. The van der Waals surface area contributed by atoms with Crippen LogP contribution in [0.3, 0.4) is 0 Å². The van der Waals surface area contributed by atoms with E-state index in [1.165, 1.54) is 11.1 Å². The molecule has 0 saturated heterocycles. The summed E-state index contributed by atoms with van der Waals surface area (Å²) >= 11 is 6.04. The summed E-state index contributed by atoms with van der Waals surface area (Å²) in [5.41, 5.74) is 13.0. The minimum Gasteiger partial charge on any atom is -0.366 e. The normalized spacial score (nSPS) is 15.9. The number of halogens is 1. The third-order valence-corrected chi connectivity index (χ3v) is 5.74. The highest BCUT2D eigenvalue weighted by atomic mass is 35.5. The van der Waals surface area contributed by atoms with Crippen molar-refractivity contribution >= 4 is 17.5 Å². The Balaban J connectivity index is 1.94. The molecular weight excluding hydrogens is 344 g/mol. The van der Waals surface area contributed by atoms with Gasteiger partial charge in [-0.3, -0.25) is 4.79 Å². The fourth-order valence-electron chi connectivity index (χ4n) is 4.40. The van der Waals surface area contributed by atoms with Crippen molar-refractivity contribution in [2.24, 2.45) is 5.73 Å². The van der Waals surface area contributed by atoms with Crippen LogP contribution in [-0.4, -0.2) is 10.5 Å². The highest BCUT2D eigenvalue weighted by Crippen LogP contribution is 2.41. The van der Waals surface area contributed by atoms with E-state index in [0.29, 0.717) is 10.6 Å². The Morgan fingerprint density at radius 1 is 1.08 bits per heavy atom. The minimum absolute atomic E-state index is 0.241. The van der Waals surface area contributed by atoms with Gasteiger partial charge in [0.2, 0.25) is 0 Å². The average molecular weight is 365 g/mol. The van der Waals surface area contributed by atoms with Crippen molar-refractivity contribution in [2.45, 2.75) is 32.7 Å². The van der Waals surface area contributed by atoms with Crippen molar-refractivity contribution in [1.82, 2.24) is 4.57 Å². The van der Waals surface area contributed by atoms with Crippen LogP contribution in [0.4, 0.5) is 0 Å². The lowest BCUT2D eigenvalue weighted by molar-refractivity contribution is 0.1000. The van der Waals surface area contributed by atoms with Crippen molar-refractivity contribution in [1.29, 1.82) is 0 Å². The van der Waals surface area contributed by atoms with Crippen LogP contribution in [0, 0.1) is 13.8 Å². The zero-order valence-corrected chi connectivity index (χ0v) is 15.7. The molecule has 1 aliphatic rings. The lowest BCUT2D eigenvalue weighted by atomic mass is 10.0. The van der Waals surface area contributed by atoms with Crippen LogP contribution in [0.1, 0.15) is 45.3 Å². The summed E-state index contributed by atoms with van der Waals surface area (Å²) in [5, 5.41) is 0.674. The van der Waals surface area contributed by atoms with Gasteiger partial charge in [-0.15, -0.1) is 0 Å². The maximum Gasteiger partial charge on any atom is 0.251 e. The van der Waals surface area contributed by atoms with Gasteiger partial charge in [0.1, 0.15) is 0 Å². The molecule has 3 nitrogen and oxygen atoms in total. The first-order valence-corrected chi connectivity index (χ1v) is 9.21. The Bertz CT molecular complexity index is 1000. The van der Waals surface area contributed by atoms with Crippen molar-refractivity contribution in [3.05, 3.63) is 81.6 Å². The van der Waals surface area contributed by atoms with Gasteiger partial charge in [-0.2, -0.15) is 0 Å². The molecule has 0 bridgehead atoms. The number of benzene rings is 2. The maximum atomic E-state index is 12.3. The summed E-state index contributed by atoms with van der Waals surface area (Å²) in [6.07, 6.45) is 2.09. The second-order valence-corrected chi connectivity index (χ2v) is 7.35. The van der Waals surface area contributed by atoms with Gasteiger partial charge >= 0.3 is 0 Å². The Morgan fingerprint density at radius 2 is 1.77 bits per heavy atom. The third-order valence-electron chi connectivity index (χ3n) is 5.49. The van der Waals surface area contributed by atoms with Crippen molar-refractivity contribution in [3.63, 3.8) is 0 Å². The predicted molar refractivity (Wildman–Crippen MR) is 106 cm³/mol. The summed E-state index contributed by atoms with van der Waals surface area (Å²) < 4.78 is 2.29. The first kappa shape index (κ1) is 16.9. The molecule has 0 fully saturated rings. The van der Waals surface area contributed by atoms with Gasteiger partial charge < -0.3 is 10.3 Å². The van der Waals surface area contributed by atoms with Crippen LogP contribution in [0.15, 0.2) is 48.5 Å². The van der Waals surface area contributed by atoms with Crippen LogP contribution in [0.2, 0.25) is 5.02 Å². The number of hydrogen-bond donors (Lipinski definition) is 1. The quantitative estimate of drug-likeness (QED) is 0.693. The number of fused-ring (bicyclic) bond motifs is 1. The Labute approximate surface area is 158 Å². The fraction of sp³-hybridized carbons (Fsp3) is 0.227. The summed E-state index contributed by atoms with van der Waals surface area (Å²) in [5.74, 6) is -0.388. The number of nitrogens with zero attached hydrogens (tertiary/aromatic N) is 1. The van der Waals surface area contributed by atoms with Crippen LogP contribution in [-0.2, 0) is 6.42 Å². The number of carbonyl (C=O) groups excluding carboxylic acids is 1. The molecule has 1 amide bonds. The summed E-state index contributed by atoms with van der Waals surface area (Å²) in [6, 6.07) is 16.4. The minimum atomic E-state index is -0.388. The van der Waals surface area contributed by atoms with Gasteiger partial charge in [0.25, 0.3) is 5.91 Å². The topological polar surface area (TPSA) is 48.0 Å². The smallest absolute Gasteiger partial charge is 0.251 e. The standard InChI is InChI=1S/C22H21ClN2O/c1-13-20(16-7-10-17(23)11-8-16)21(22(24)26)14(2)25(13)19-12-9-15-5-3-4-6-18(15)19/h3-8,10-11,19H,9,12H2,1-2H3,(H2,24,26). The number of rotatable bonds is 3.